The van der Waals surface area contributed by atoms with E-state index in [4.69, 9.17) is 28.6 Å². The van der Waals surface area contributed by atoms with Crippen LogP contribution >= 0.6 is 23.8 Å². The van der Waals surface area contributed by atoms with Crippen LogP contribution < -0.4 is 5.32 Å². The van der Waals surface area contributed by atoms with Gasteiger partial charge < -0.3 is 15.0 Å². The van der Waals surface area contributed by atoms with E-state index in [0.29, 0.717) is 41.5 Å². The molecular weight excluding hydrogens is 426 g/mol. The van der Waals surface area contributed by atoms with Gasteiger partial charge in [0.15, 0.2) is 10.6 Å². The predicted molar refractivity (Wildman–Crippen MR) is 117 cm³/mol. The zero-order valence-corrected chi connectivity index (χ0v) is 18.8. The molecule has 0 radical (unpaired) electrons. The maximum atomic E-state index is 12.9. The number of hydrogen-bond acceptors (Lipinski definition) is 5. The number of hydrogen-bond donors (Lipinski definition) is 2. The Morgan fingerprint density at radius 3 is 2.50 bits per heavy atom. The van der Waals surface area contributed by atoms with E-state index < -0.39 is 11.7 Å². The van der Waals surface area contributed by atoms with Crippen LogP contribution in [0.5, 0.6) is 0 Å². The number of benzene rings is 1. The van der Waals surface area contributed by atoms with Crippen molar-refractivity contribution in [2.45, 2.75) is 51.8 Å². The summed E-state index contributed by atoms with van der Waals surface area (Å²) in [6.45, 7) is 6.69. The molecule has 0 unspecified atom stereocenters. The number of nitrogens with zero attached hydrogens (tertiary/aromatic N) is 3. The summed E-state index contributed by atoms with van der Waals surface area (Å²) in [6, 6.07) is 7.20. The number of aromatic nitrogens is 3. The van der Waals surface area contributed by atoms with Crippen LogP contribution in [0.2, 0.25) is 5.02 Å². The van der Waals surface area contributed by atoms with E-state index in [2.05, 4.69) is 15.5 Å². The minimum atomic E-state index is -0.535. The summed E-state index contributed by atoms with van der Waals surface area (Å²) in [7, 11) is 0. The molecular formula is C20H26ClN5O3S. The number of piperidine rings is 1. The van der Waals surface area contributed by atoms with Crippen LogP contribution in [0, 0.1) is 4.77 Å². The van der Waals surface area contributed by atoms with E-state index in [-0.39, 0.29) is 18.5 Å². The second-order valence-electron chi connectivity index (χ2n) is 8.25. The summed E-state index contributed by atoms with van der Waals surface area (Å²) in [4.78, 5) is 26.6. The third kappa shape index (κ3) is 5.82. The molecule has 162 valence electrons. The van der Waals surface area contributed by atoms with Gasteiger partial charge in [-0.1, -0.05) is 11.6 Å². The van der Waals surface area contributed by atoms with Crippen LogP contribution in [-0.2, 0) is 16.1 Å². The van der Waals surface area contributed by atoms with Crippen molar-refractivity contribution >= 4 is 35.8 Å². The first-order valence-electron chi connectivity index (χ1n) is 9.81. The third-order valence-corrected chi connectivity index (χ3v) is 5.29. The predicted octanol–water partition coefficient (Wildman–Crippen LogP) is 3.78. The highest BCUT2D eigenvalue weighted by atomic mass is 35.5. The summed E-state index contributed by atoms with van der Waals surface area (Å²) in [5.74, 6) is 0.546. The van der Waals surface area contributed by atoms with Gasteiger partial charge >= 0.3 is 6.09 Å². The van der Waals surface area contributed by atoms with E-state index in [1.54, 1.807) is 21.6 Å². The number of halogens is 1. The van der Waals surface area contributed by atoms with Crippen LogP contribution in [-0.4, -0.2) is 56.4 Å². The van der Waals surface area contributed by atoms with E-state index in [9.17, 15) is 9.59 Å². The lowest BCUT2D eigenvalue weighted by molar-refractivity contribution is -0.132. The zero-order valence-electron chi connectivity index (χ0n) is 17.3. The zero-order chi connectivity index (χ0) is 21.9. The van der Waals surface area contributed by atoms with Crippen molar-refractivity contribution in [2.75, 3.05) is 13.1 Å². The average molecular weight is 452 g/mol. The van der Waals surface area contributed by atoms with Crippen LogP contribution in [0.25, 0.3) is 11.4 Å². The number of carbonyl (C=O) groups excluding carboxylic acids is 2. The van der Waals surface area contributed by atoms with Gasteiger partial charge in [0.05, 0.1) is 0 Å². The van der Waals surface area contributed by atoms with E-state index in [1.165, 1.54) is 0 Å². The smallest absolute Gasteiger partial charge is 0.407 e. The number of rotatable bonds is 4. The van der Waals surface area contributed by atoms with Crippen molar-refractivity contribution in [1.82, 2.24) is 25.0 Å². The molecule has 2 amide bonds. The highest BCUT2D eigenvalue weighted by molar-refractivity contribution is 7.71. The first-order valence-corrected chi connectivity index (χ1v) is 10.6. The summed E-state index contributed by atoms with van der Waals surface area (Å²) in [5, 5.41) is 10.5. The Hall–Kier alpha value is -2.39. The van der Waals surface area contributed by atoms with Gasteiger partial charge in [0, 0.05) is 29.7 Å². The molecule has 10 heteroatoms. The quantitative estimate of drug-likeness (QED) is 0.690. The molecule has 1 aliphatic rings. The van der Waals surface area contributed by atoms with Crippen LogP contribution in [0.4, 0.5) is 4.79 Å². The number of H-pyrrole nitrogens is 1. The van der Waals surface area contributed by atoms with E-state index >= 15 is 0 Å². The van der Waals surface area contributed by atoms with Crippen molar-refractivity contribution in [1.29, 1.82) is 0 Å². The van der Waals surface area contributed by atoms with Gasteiger partial charge in [-0.05, 0) is 70.1 Å². The van der Waals surface area contributed by atoms with Crippen LogP contribution in [0.1, 0.15) is 33.6 Å². The van der Waals surface area contributed by atoms with Crippen molar-refractivity contribution in [3.05, 3.63) is 34.1 Å². The fraction of sp³-hybridized carbons (Fsp3) is 0.500. The van der Waals surface area contributed by atoms with Crippen molar-refractivity contribution in [2.24, 2.45) is 0 Å². The third-order valence-electron chi connectivity index (χ3n) is 4.72. The SMILES string of the molecule is CC(C)(C)OC(=O)NC1CCN(C(=O)Cn2c(-c3ccc(Cl)cc3)n[nH]c2=S)CC1. The molecule has 1 aliphatic heterocycles. The van der Waals surface area contributed by atoms with Gasteiger partial charge in [-0.3, -0.25) is 14.5 Å². The van der Waals surface area contributed by atoms with Crippen molar-refractivity contribution in [3.63, 3.8) is 0 Å². The Morgan fingerprint density at radius 2 is 1.90 bits per heavy atom. The van der Waals surface area contributed by atoms with Gasteiger partial charge in [-0.15, -0.1) is 0 Å². The number of alkyl carbamates (subject to hydrolysis) is 1. The maximum Gasteiger partial charge on any atom is 0.407 e. The number of nitrogens with one attached hydrogen (secondary N) is 2. The van der Waals surface area contributed by atoms with Gasteiger partial charge in [-0.2, -0.15) is 5.10 Å². The van der Waals surface area contributed by atoms with Gasteiger partial charge in [0.2, 0.25) is 5.91 Å². The van der Waals surface area contributed by atoms with E-state index in [1.807, 2.05) is 32.9 Å². The molecule has 8 nitrogen and oxygen atoms in total. The number of carbonyl (C=O) groups is 2. The number of likely N-dealkylation sites (tertiary alicyclic amines) is 1. The lowest BCUT2D eigenvalue weighted by atomic mass is 10.1. The summed E-state index contributed by atoms with van der Waals surface area (Å²) in [5.41, 5.74) is 0.284. The lowest BCUT2D eigenvalue weighted by Gasteiger charge is -2.33. The Morgan fingerprint density at radius 1 is 1.27 bits per heavy atom. The maximum absolute atomic E-state index is 12.9. The number of ether oxygens (including phenoxy) is 1. The fourth-order valence-electron chi connectivity index (χ4n) is 3.27. The molecule has 1 aromatic heterocycles. The molecule has 1 saturated heterocycles. The molecule has 1 aromatic carbocycles. The fourth-order valence-corrected chi connectivity index (χ4v) is 3.59. The summed E-state index contributed by atoms with van der Waals surface area (Å²) < 4.78 is 7.37. The van der Waals surface area contributed by atoms with Gasteiger partial charge in [0.25, 0.3) is 0 Å². The molecule has 0 atom stereocenters. The van der Waals surface area contributed by atoms with E-state index in [0.717, 1.165) is 5.56 Å². The second-order valence-corrected chi connectivity index (χ2v) is 9.07. The van der Waals surface area contributed by atoms with Crippen molar-refractivity contribution < 1.29 is 14.3 Å². The van der Waals surface area contributed by atoms with Crippen LogP contribution in [0.3, 0.4) is 0 Å². The molecule has 2 heterocycles. The molecule has 2 N–H and O–H groups in total. The van der Waals surface area contributed by atoms with Crippen molar-refractivity contribution in [3.8, 4) is 11.4 Å². The molecule has 3 rings (SSSR count). The number of amides is 2. The van der Waals surface area contributed by atoms with Crippen LogP contribution in [0.15, 0.2) is 24.3 Å². The summed E-state index contributed by atoms with van der Waals surface area (Å²) >= 11 is 11.3. The second kappa shape index (κ2) is 9.18. The Kier molecular flexibility index (Phi) is 6.82. The normalized spacial score (nSPS) is 15.1. The Balaban J connectivity index is 1.58. The van der Waals surface area contributed by atoms with Gasteiger partial charge in [-0.25, -0.2) is 4.79 Å². The molecule has 30 heavy (non-hydrogen) atoms. The molecule has 2 aromatic rings. The average Bonchev–Trinajstić information content (AvgIpc) is 3.02. The van der Waals surface area contributed by atoms with Gasteiger partial charge in [0.1, 0.15) is 12.1 Å². The minimum Gasteiger partial charge on any atom is -0.444 e. The molecule has 0 aliphatic carbocycles. The minimum absolute atomic E-state index is 0.00961. The molecule has 0 spiro atoms. The lowest BCUT2D eigenvalue weighted by Crippen LogP contribution is -2.48. The Bertz CT molecular complexity index is 956. The summed E-state index contributed by atoms with van der Waals surface area (Å²) in [6.07, 6.45) is 0.919. The molecule has 0 bridgehead atoms. The Labute approximate surface area is 185 Å². The highest BCUT2D eigenvalue weighted by Crippen LogP contribution is 2.21. The first-order chi connectivity index (χ1) is 14.1. The first kappa shape index (κ1) is 22.3. The monoisotopic (exact) mass is 451 g/mol. The number of aromatic amines is 1. The standard InChI is InChI=1S/C20H26ClN5O3S/c1-20(2,3)29-19(28)22-15-8-10-25(11-9-15)16(27)12-26-17(23-24-18(26)30)13-4-6-14(21)7-5-13/h4-7,15H,8-12H2,1-3H3,(H,22,28)(H,24,30). The largest absolute Gasteiger partial charge is 0.444 e. The highest BCUT2D eigenvalue weighted by Gasteiger charge is 2.26. The molecule has 1 fully saturated rings. The molecule has 0 saturated carbocycles. The topological polar surface area (TPSA) is 92.2 Å².